The van der Waals surface area contributed by atoms with E-state index >= 15 is 0 Å². The number of methoxy groups -OCH3 is 1. The van der Waals surface area contributed by atoms with E-state index in [9.17, 15) is 9.59 Å². The molecule has 0 atom stereocenters. The van der Waals surface area contributed by atoms with Gasteiger partial charge in [0.2, 0.25) is 5.65 Å². The van der Waals surface area contributed by atoms with Crippen molar-refractivity contribution in [3.63, 3.8) is 0 Å². The number of nitrogens with zero attached hydrogens (tertiary/aromatic N) is 4. The summed E-state index contributed by atoms with van der Waals surface area (Å²) in [5.74, 6) is 0.749. The van der Waals surface area contributed by atoms with E-state index in [1.807, 2.05) is 30.3 Å². The highest BCUT2D eigenvalue weighted by atomic mass is 32.2. The van der Waals surface area contributed by atoms with Gasteiger partial charge in [-0.2, -0.15) is 0 Å². The number of Topliss-reactive ketones (excluding diaryl/α,β-unsaturated/α-hetero) is 1. The lowest BCUT2D eigenvalue weighted by Crippen LogP contribution is -2.20. The number of hydrogen-bond acceptors (Lipinski definition) is 6. The molecule has 0 aliphatic carbocycles. The minimum Gasteiger partial charge on any atom is -0.497 e. The van der Waals surface area contributed by atoms with Crippen molar-refractivity contribution in [1.29, 1.82) is 0 Å². The molecule has 2 aromatic heterocycles. The number of para-hydroxylation sites is 1. The van der Waals surface area contributed by atoms with Gasteiger partial charge in [-0.05, 0) is 24.3 Å². The van der Waals surface area contributed by atoms with E-state index < -0.39 is 0 Å². The number of fused-ring (bicyclic) bond motifs is 1. The second kappa shape index (κ2) is 7.69. The molecule has 0 aliphatic heterocycles. The molecule has 2 aromatic carbocycles. The Kier molecular flexibility index (Phi) is 4.94. The van der Waals surface area contributed by atoms with Gasteiger partial charge in [-0.3, -0.25) is 18.6 Å². The maximum Gasteiger partial charge on any atom is 0.300 e. The summed E-state index contributed by atoms with van der Waals surface area (Å²) < 4.78 is 8.27. The molecular formula is C20H16N4O3S. The molecule has 0 N–H and O–H groups in total. The summed E-state index contributed by atoms with van der Waals surface area (Å²) in [5.41, 5.74) is 1.25. The molecule has 0 bridgehead atoms. The number of ether oxygens (including phenoxy) is 1. The summed E-state index contributed by atoms with van der Waals surface area (Å²) in [6, 6.07) is 16.3. The summed E-state index contributed by atoms with van der Waals surface area (Å²) >= 11 is 1.23. The fraction of sp³-hybridized carbons (Fsp3) is 0.100. The molecule has 0 saturated heterocycles. The van der Waals surface area contributed by atoms with E-state index in [-0.39, 0.29) is 22.7 Å². The first kappa shape index (κ1) is 18.0. The molecule has 0 amide bonds. The van der Waals surface area contributed by atoms with Gasteiger partial charge in [0.15, 0.2) is 10.9 Å². The van der Waals surface area contributed by atoms with Crippen LogP contribution >= 0.6 is 11.8 Å². The predicted octanol–water partition coefficient (Wildman–Crippen LogP) is 2.86. The number of benzene rings is 2. The summed E-state index contributed by atoms with van der Waals surface area (Å²) in [4.78, 5) is 25.2. The van der Waals surface area contributed by atoms with Gasteiger partial charge in [0.05, 0.1) is 12.9 Å². The fourth-order valence-corrected chi connectivity index (χ4v) is 3.58. The number of aromatic nitrogens is 4. The maximum absolute atomic E-state index is 12.7. The van der Waals surface area contributed by atoms with Gasteiger partial charge in [-0.15, -0.1) is 10.2 Å². The van der Waals surface area contributed by atoms with E-state index in [0.29, 0.717) is 16.5 Å². The van der Waals surface area contributed by atoms with Crippen LogP contribution in [0.1, 0.15) is 10.4 Å². The third kappa shape index (κ3) is 3.41. The molecule has 8 heteroatoms. The Morgan fingerprint density at radius 1 is 1.07 bits per heavy atom. The van der Waals surface area contributed by atoms with Crippen LogP contribution in [0.3, 0.4) is 0 Å². The van der Waals surface area contributed by atoms with Crippen molar-refractivity contribution < 1.29 is 9.53 Å². The smallest absolute Gasteiger partial charge is 0.300 e. The zero-order valence-electron chi connectivity index (χ0n) is 15.0. The largest absolute Gasteiger partial charge is 0.497 e. The van der Waals surface area contributed by atoms with Gasteiger partial charge in [-0.25, -0.2) is 0 Å². The van der Waals surface area contributed by atoms with E-state index in [4.69, 9.17) is 4.74 Å². The van der Waals surface area contributed by atoms with Crippen LogP contribution in [0.25, 0.3) is 11.3 Å². The topological polar surface area (TPSA) is 78.5 Å². The van der Waals surface area contributed by atoms with Crippen LogP contribution in [0.4, 0.5) is 0 Å². The van der Waals surface area contributed by atoms with Crippen LogP contribution in [0.5, 0.6) is 5.75 Å². The molecule has 4 aromatic rings. The first-order valence-electron chi connectivity index (χ1n) is 8.49. The zero-order valence-corrected chi connectivity index (χ0v) is 15.8. The van der Waals surface area contributed by atoms with Gasteiger partial charge in [0.25, 0.3) is 0 Å². The van der Waals surface area contributed by atoms with Crippen molar-refractivity contribution in [2.45, 2.75) is 5.16 Å². The second-order valence-corrected chi connectivity index (χ2v) is 6.87. The van der Waals surface area contributed by atoms with Gasteiger partial charge in [0, 0.05) is 23.6 Å². The minimum atomic E-state index is -0.271. The molecule has 0 radical (unpaired) electrons. The first-order chi connectivity index (χ1) is 13.7. The Balaban J connectivity index is 1.58. The first-order valence-corrected chi connectivity index (χ1v) is 9.48. The molecule has 0 saturated carbocycles. The van der Waals surface area contributed by atoms with Crippen molar-refractivity contribution in [3.05, 3.63) is 82.9 Å². The lowest BCUT2D eigenvalue weighted by molar-refractivity contribution is 0.102. The molecule has 0 unspecified atom stereocenters. The van der Waals surface area contributed by atoms with Gasteiger partial charge in [-0.1, -0.05) is 42.1 Å². The lowest BCUT2D eigenvalue weighted by Gasteiger charge is -2.06. The second-order valence-electron chi connectivity index (χ2n) is 5.93. The number of carbonyl (C=O) groups is 1. The highest BCUT2D eigenvalue weighted by Crippen LogP contribution is 2.19. The SMILES string of the molecule is COc1cccc(C(=O)CSc2nnc3c(=O)n(-c4ccccc4)ccn23)c1. The van der Waals surface area contributed by atoms with Crippen molar-refractivity contribution in [2.75, 3.05) is 12.9 Å². The van der Waals surface area contributed by atoms with Gasteiger partial charge < -0.3 is 4.74 Å². The van der Waals surface area contributed by atoms with Crippen LogP contribution in [-0.2, 0) is 0 Å². The Hall–Kier alpha value is -3.39. The number of ketones is 1. The molecule has 0 fully saturated rings. The van der Waals surface area contributed by atoms with E-state index in [1.165, 1.54) is 16.3 Å². The molecule has 7 nitrogen and oxygen atoms in total. The minimum absolute atomic E-state index is 0.0572. The van der Waals surface area contributed by atoms with Crippen LogP contribution in [0.15, 0.2) is 76.9 Å². The quantitative estimate of drug-likeness (QED) is 0.371. The number of thioether (sulfide) groups is 1. The molecule has 4 rings (SSSR count). The van der Waals surface area contributed by atoms with E-state index in [2.05, 4.69) is 10.2 Å². The maximum atomic E-state index is 12.7. The van der Waals surface area contributed by atoms with Crippen molar-refractivity contribution in [2.24, 2.45) is 0 Å². The Bertz CT molecular complexity index is 1200. The molecular weight excluding hydrogens is 376 g/mol. The Morgan fingerprint density at radius 3 is 2.68 bits per heavy atom. The summed E-state index contributed by atoms with van der Waals surface area (Å²) in [7, 11) is 1.56. The number of rotatable bonds is 6. The molecule has 2 heterocycles. The van der Waals surface area contributed by atoms with Crippen molar-refractivity contribution >= 4 is 23.2 Å². The lowest BCUT2D eigenvalue weighted by atomic mass is 10.1. The van der Waals surface area contributed by atoms with Gasteiger partial charge >= 0.3 is 5.56 Å². The molecule has 28 heavy (non-hydrogen) atoms. The highest BCUT2D eigenvalue weighted by molar-refractivity contribution is 7.99. The average molecular weight is 392 g/mol. The summed E-state index contributed by atoms with van der Waals surface area (Å²) in [6.45, 7) is 0. The summed E-state index contributed by atoms with van der Waals surface area (Å²) in [5, 5.41) is 8.58. The van der Waals surface area contributed by atoms with Gasteiger partial charge in [0.1, 0.15) is 5.75 Å². The normalized spacial score (nSPS) is 10.9. The molecule has 0 spiro atoms. The van der Waals surface area contributed by atoms with Crippen LogP contribution in [0, 0.1) is 0 Å². The molecule has 0 aliphatic rings. The predicted molar refractivity (Wildman–Crippen MR) is 107 cm³/mol. The standard InChI is InChI=1S/C20H16N4O3S/c1-27-16-9-5-6-14(12-16)17(25)13-28-20-22-21-18-19(26)23(10-11-24(18)20)15-7-3-2-4-8-15/h2-12H,13H2,1H3. The van der Waals surface area contributed by atoms with Crippen LogP contribution in [0.2, 0.25) is 0 Å². The highest BCUT2D eigenvalue weighted by Gasteiger charge is 2.14. The van der Waals surface area contributed by atoms with Crippen LogP contribution < -0.4 is 10.3 Å². The zero-order chi connectivity index (χ0) is 19.5. The Labute approximate surface area is 164 Å². The van der Waals surface area contributed by atoms with Crippen molar-refractivity contribution in [3.8, 4) is 11.4 Å². The van der Waals surface area contributed by atoms with Crippen LogP contribution in [-0.4, -0.2) is 37.8 Å². The Morgan fingerprint density at radius 2 is 1.89 bits per heavy atom. The third-order valence-electron chi connectivity index (χ3n) is 4.20. The number of carbonyl (C=O) groups excluding carboxylic acids is 1. The molecule has 140 valence electrons. The third-order valence-corrected chi connectivity index (χ3v) is 5.14. The summed E-state index contributed by atoms with van der Waals surface area (Å²) in [6.07, 6.45) is 3.39. The van der Waals surface area contributed by atoms with E-state index in [0.717, 1.165) is 5.69 Å². The fourth-order valence-electron chi connectivity index (χ4n) is 2.77. The van der Waals surface area contributed by atoms with Crippen molar-refractivity contribution in [1.82, 2.24) is 19.2 Å². The monoisotopic (exact) mass is 392 g/mol. The number of hydrogen-bond donors (Lipinski definition) is 0. The van der Waals surface area contributed by atoms with E-state index in [1.54, 1.807) is 48.2 Å². The average Bonchev–Trinajstić information content (AvgIpc) is 3.17.